The standard InChI is InChI=1S/C22H25Cl2N3O5S/c1-15(28)26-10-11-32-19(14-26)12-25-22(29)16-6-8-18(9-7-16)27(33(2,30)31)13-17-4-3-5-20(23)21(17)24/h3-9,19H,10-14H2,1-2H3,(H,25,29). The minimum Gasteiger partial charge on any atom is -0.373 e. The van der Waals surface area contributed by atoms with E-state index in [1.54, 1.807) is 47.4 Å². The van der Waals surface area contributed by atoms with Gasteiger partial charge in [-0.15, -0.1) is 0 Å². The van der Waals surface area contributed by atoms with Crippen LogP contribution in [0.2, 0.25) is 10.0 Å². The third-order valence-corrected chi connectivity index (χ3v) is 7.24. The summed E-state index contributed by atoms with van der Waals surface area (Å²) in [4.78, 5) is 25.8. The minimum atomic E-state index is -3.63. The van der Waals surface area contributed by atoms with Gasteiger partial charge in [-0.05, 0) is 35.9 Å². The van der Waals surface area contributed by atoms with Crippen molar-refractivity contribution < 1.29 is 22.7 Å². The summed E-state index contributed by atoms with van der Waals surface area (Å²) in [6.07, 6.45) is 0.815. The van der Waals surface area contributed by atoms with E-state index in [9.17, 15) is 18.0 Å². The molecule has 0 aliphatic carbocycles. The monoisotopic (exact) mass is 513 g/mol. The van der Waals surface area contributed by atoms with Crippen molar-refractivity contribution in [2.45, 2.75) is 19.6 Å². The molecule has 0 bridgehead atoms. The molecule has 1 aliphatic heterocycles. The van der Waals surface area contributed by atoms with Crippen molar-refractivity contribution in [2.75, 3.05) is 36.8 Å². The molecule has 8 nitrogen and oxygen atoms in total. The molecule has 1 heterocycles. The summed E-state index contributed by atoms with van der Waals surface area (Å²) < 4.78 is 31.7. The zero-order valence-electron chi connectivity index (χ0n) is 18.3. The zero-order chi connectivity index (χ0) is 24.2. The van der Waals surface area contributed by atoms with E-state index in [0.717, 1.165) is 6.26 Å². The van der Waals surface area contributed by atoms with Gasteiger partial charge >= 0.3 is 0 Å². The molecule has 2 amide bonds. The van der Waals surface area contributed by atoms with Gasteiger partial charge in [-0.25, -0.2) is 8.42 Å². The van der Waals surface area contributed by atoms with Gasteiger partial charge in [0.2, 0.25) is 15.9 Å². The molecule has 0 aromatic heterocycles. The number of sulfonamides is 1. The lowest BCUT2D eigenvalue weighted by Crippen LogP contribution is -2.49. The predicted molar refractivity (Wildman–Crippen MR) is 128 cm³/mol. The maximum atomic E-state index is 12.5. The lowest BCUT2D eigenvalue weighted by molar-refractivity contribution is -0.136. The first-order valence-corrected chi connectivity index (χ1v) is 12.8. The number of rotatable bonds is 7. The maximum Gasteiger partial charge on any atom is 0.251 e. The second-order valence-corrected chi connectivity index (χ2v) is 10.4. The van der Waals surface area contributed by atoms with E-state index in [1.165, 1.54) is 11.2 Å². The summed E-state index contributed by atoms with van der Waals surface area (Å²) in [6, 6.07) is 11.2. The lowest BCUT2D eigenvalue weighted by Gasteiger charge is -2.32. The smallest absolute Gasteiger partial charge is 0.251 e. The highest BCUT2D eigenvalue weighted by Crippen LogP contribution is 2.29. The minimum absolute atomic E-state index is 0.00453. The zero-order valence-corrected chi connectivity index (χ0v) is 20.6. The van der Waals surface area contributed by atoms with Crippen LogP contribution in [-0.2, 0) is 26.1 Å². The number of halogens is 2. The average molecular weight is 514 g/mol. The molecular weight excluding hydrogens is 489 g/mol. The Morgan fingerprint density at radius 2 is 1.88 bits per heavy atom. The number of carbonyl (C=O) groups excluding carboxylic acids is 2. The molecule has 2 aromatic carbocycles. The molecule has 178 valence electrons. The number of benzene rings is 2. The number of hydrogen-bond donors (Lipinski definition) is 1. The van der Waals surface area contributed by atoms with Gasteiger partial charge in [0.05, 0.1) is 41.2 Å². The van der Waals surface area contributed by atoms with E-state index in [0.29, 0.717) is 41.5 Å². The van der Waals surface area contributed by atoms with Crippen molar-refractivity contribution in [3.05, 3.63) is 63.6 Å². The van der Waals surface area contributed by atoms with E-state index >= 15 is 0 Å². The fraction of sp³-hybridized carbons (Fsp3) is 0.364. The molecule has 1 saturated heterocycles. The first-order chi connectivity index (χ1) is 15.6. The van der Waals surface area contributed by atoms with Crippen LogP contribution >= 0.6 is 23.2 Å². The fourth-order valence-corrected chi connectivity index (χ4v) is 4.70. The molecule has 0 radical (unpaired) electrons. The summed E-state index contributed by atoms with van der Waals surface area (Å²) in [5.74, 6) is -0.353. The molecule has 11 heteroatoms. The molecule has 33 heavy (non-hydrogen) atoms. The topological polar surface area (TPSA) is 96.0 Å². The van der Waals surface area contributed by atoms with Gasteiger partial charge in [-0.3, -0.25) is 13.9 Å². The highest BCUT2D eigenvalue weighted by molar-refractivity contribution is 7.92. The predicted octanol–water partition coefficient (Wildman–Crippen LogP) is 2.94. The van der Waals surface area contributed by atoms with Crippen LogP contribution in [0.5, 0.6) is 0 Å². The van der Waals surface area contributed by atoms with E-state index < -0.39 is 10.0 Å². The van der Waals surface area contributed by atoms with Gasteiger partial charge in [0.1, 0.15) is 0 Å². The van der Waals surface area contributed by atoms with Crippen LogP contribution in [0.25, 0.3) is 0 Å². The van der Waals surface area contributed by atoms with Crippen LogP contribution < -0.4 is 9.62 Å². The Bertz CT molecular complexity index is 1130. The number of ether oxygens (including phenoxy) is 1. The van der Waals surface area contributed by atoms with Crippen molar-refractivity contribution in [1.82, 2.24) is 10.2 Å². The van der Waals surface area contributed by atoms with Crippen LogP contribution in [0.4, 0.5) is 5.69 Å². The van der Waals surface area contributed by atoms with Crippen molar-refractivity contribution in [3.63, 3.8) is 0 Å². The second-order valence-electron chi connectivity index (χ2n) is 7.70. The Morgan fingerprint density at radius 3 is 2.52 bits per heavy atom. The van der Waals surface area contributed by atoms with Gasteiger partial charge in [0, 0.05) is 32.1 Å². The molecule has 1 fully saturated rings. The summed E-state index contributed by atoms with van der Waals surface area (Å²) in [5, 5.41) is 3.42. The van der Waals surface area contributed by atoms with E-state index in [2.05, 4.69) is 5.32 Å². The third kappa shape index (κ3) is 6.60. The first kappa shape index (κ1) is 25.3. The Hall–Kier alpha value is -2.33. The van der Waals surface area contributed by atoms with Crippen LogP contribution in [0.1, 0.15) is 22.8 Å². The molecule has 0 spiro atoms. The first-order valence-electron chi connectivity index (χ1n) is 10.2. The van der Waals surface area contributed by atoms with Gasteiger partial charge in [-0.2, -0.15) is 0 Å². The Balaban J connectivity index is 1.68. The number of carbonyl (C=O) groups is 2. The molecule has 1 aliphatic rings. The molecule has 1 N–H and O–H groups in total. The van der Waals surface area contributed by atoms with Crippen molar-refractivity contribution >= 4 is 50.7 Å². The van der Waals surface area contributed by atoms with Crippen molar-refractivity contribution in [3.8, 4) is 0 Å². The van der Waals surface area contributed by atoms with Gasteiger partial charge in [0.15, 0.2) is 0 Å². The number of nitrogens with one attached hydrogen (secondary N) is 1. The molecule has 1 atom stereocenters. The number of morpholine rings is 1. The number of hydrogen-bond acceptors (Lipinski definition) is 5. The van der Waals surface area contributed by atoms with Gasteiger partial charge < -0.3 is 15.0 Å². The Kier molecular flexibility index (Phi) is 8.23. The molecule has 1 unspecified atom stereocenters. The van der Waals surface area contributed by atoms with Crippen LogP contribution in [-0.4, -0.2) is 63.7 Å². The second kappa shape index (κ2) is 10.7. The number of nitrogens with zero attached hydrogens (tertiary/aromatic N) is 2. The summed E-state index contributed by atoms with van der Waals surface area (Å²) in [6.45, 7) is 3.14. The van der Waals surface area contributed by atoms with Crippen molar-refractivity contribution in [2.24, 2.45) is 0 Å². The quantitative estimate of drug-likeness (QED) is 0.613. The summed E-state index contributed by atoms with van der Waals surface area (Å²) >= 11 is 12.3. The number of anilines is 1. The average Bonchev–Trinajstić information content (AvgIpc) is 2.78. The Labute approximate surface area is 203 Å². The fourth-order valence-electron chi connectivity index (χ4n) is 3.44. The van der Waals surface area contributed by atoms with Gasteiger partial charge in [0.25, 0.3) is 5.91 Å². The molecule has 0 saturated carbocycles. The molecular formula is C22H25Cl2N3O5S. The molecule has 3 rings (SSSR count). The van der Waals surface area contributed by atoms with Gasteiger partial charge in [-0.1, -0.05) is 35.3 Å². The highest BCUT2D eigenvalue weighted by Gasteiger charge is 2.23. The van der Waals surface area contributed by atoms with Crippen LogP contribution in [0.3, 0.4) is 0 Å². The Morgan fingerprint density at radius 1 is 1.18 bits per heavy atom. The van der Waals surface area contributed by atoms with Crippen LogP contribution in [0, 0.1) is 0 Å². The van der Waals surface area contributed by atoms with E-state index in [1.807, 2.05) is 0 Å². The maximum absolute atomic E-state index is 12.5. The largest absolute Gasteiger partial charge is 0.373 e. The molecule has 2 aromatic rings. The summed E-state index contributed by atoms with van der Waals surface area (Å²) in [5.41, 5.74) is 1.31. The van der Waals surface area contributed by atoms with E-state index in [-0.39, 0.29) is 36.0 Å². The van der Waals surface area contributed by atoms with Crippen molar-refractivity contribution in [1.29, 1.82) is 0 Å². The number of amides is 2. The lowest BCUT2D eigenvalue weighted by atomic mass is 10.1. The third-order valence-electron chi connectivity index (χ3n) is 5.24. The van der Waals surface area contributed by atoms with E-state index in [4.69, 9.17) is 27.9 Å². The SMILES string of the molecule is CC(=O)N1CCOC(CNC(=O)c2ccc(N(Cc3cccc(Cl)c3Cl)S(C)(=O)=O)cc2)C1. The van der Waals surface area contributed by atoms with Crippen LogP contribution in [0.15, 0.2) is 42.5 Å². The summed E-state index contributed by atoms with van der Waals surface area (Å²) in [7, 11) is -3.63. The normalized spacial score (nSPS) is 16.4. The highest BCUT2D eigenvalue weighted by atomic mass is 35.5.